The standard InChI is InChI=1S/C24H36O4/c1-6-10-18(4)23(26)24(27)19(5)13-22(25)14-21(16-28-15-17(2)3)20-11-8-7-9-12-20/h7-9,11-12,17-19,21H,6,10,13-16H2,1-5H3/t18?,19?,21-/m1/s1. The van der Waals surface area contributed by atoms with Crippen molar-refractivity contribution in [1.82, 2.24) is 0 Å². The molecule has 28 heavy (non-hydrogen) atoms. The van der Waals surface area contributed by atoms with Gasteiger partial charge < -0.3 is 4.74 Å². The summed E-state index contributed by atoms with van der Waals surface area (Å²) in [6.07, 6.45) is 1.99. The van der Waals surface area contributed by atoms with Crippen LogP contribution in [0.5, 0.6) is 0 Å². The molecule has 0 N–H and O–H groups in total. The number of carbonyl (C=O) groups excluding carboxylic acids is 3. The van der Waals surface area contributed by atoms with Gasteiger partial charge in [-0.3, -0.25) is 14.4 Å². The molecule has 0 saturated carbocycles. The molecule has 0 aliphatic rings. The van der Waals surface area contributed by atoms with Gasteiger partial charge in [-0.15, -0.1) is 0 Å². The summed E-state index contributed by atoms with van der Waals surface area (Å²) in [7, 11) is 0. The molecule has 156 valence electrons. The first-order valence-corrected chi connectivity index (χ1v) is 10.5. The molecule has 0 heterocycles. The summed E-state index contributed by atoms with van der Waals surface area (Å²) < 4.78 is 5.79. The SMILES string of the molecule is CCCC(C)C(=O)C(=O)C(C)CC(=O)C[C@H](COCC(C)C)c1ccccc1. The molecule has 0 bridgehead atoms. The van der Waals surface area contributed by atoms with Crippen LogP contribution >= 0.6 is 0 Å². The third-order valence-corrected chi connectivity index (χ3v) is 4.91. The fraction of sp³-hybridized carbons (Fsp3) is 0.625. The Kier molecular flexibility index (Phi) is 10.9. The number of hydrogen-bond donors (Lipinski definition) is 0. The Morgan fingerprint density at radius 2 is 1.46 bits per heavy atom. The normalized spacial score (nSPS) is 14.5. The summed E-state index contributed by atoms with van der Waals surface area (Å²) in [5, 5.41) is 0. The number of Topliss-reactive ketones (excluding diaryl/α,β-unsaturated/α-hetero) is 3. The van der Waals surface area contributed by atoms with Gasteiger partial charge in [-0.05, 0) is 17.9 Å². The van der Waals surface area contributed by atoms with Crippen molar-refractivity contribution in [2.75, 3.05) is 13.2 Å². The maximum Gasteiger partial charge on any atom is 0.201 e. The summed E-state index contributed by atoms with van der Waals surface area (Å²) in [6.45, 7) is 10.8. The zero-order valence-electron chi connectivity index (χ0n) is 18.1. The Hall–Kier alpha value is -1.81. The lowest BCUT2D eigenvalue weighted by atomic mass is 9.87. The van der Waals surface area contributed by atoms with Gasteiger partial charge >= 0.3 is 0 Å². The molecule has 0 aliphatic carbocycles. The van der Waals surface area contributed by atoms with Crippen LogP contribution in [0.15, 0.2) is 30.3 Å². The zero-order chi connectivity index (χ0) is 21.1. The lowest BCUT2D eigenvalue weighted by Crippen LogP contribution is -2.29. The van der Waals surface area contributed by atoms with Crippen molar-refractivity contribution < 1.29 is 19.1 Å². The summed E-state index contributed by atoms with van der Waals surface area (Å²) in [6, 6.07) is 9.86. The van der Waals surface area contributed by atoms with Crippen LogP contribution in [-0.2, 0) is 19.1 Å². The molecule has 0 saturated heterocycles. The summed E-state index contributed by atoms with van der Waals surface area (Å²) in [5.41, 5.74) is 1.06. The van der Waals surface area contributed by atoms with Crippen molar-refractivity contribution in [3.05, 3.63) is 35.9 Å². The van der Waals surface area contributed by atoms with E-state index in [2.05, 4.69) is 13.8 Å². The van der Waals surface area contributed by atoms with Gasteiger partial charge in [0.2, 0.25) is 11.6 Å². The van der Waals surface area contributed by atoms with E-state index in [-0.39, 0.29) is 29.8 Å². The molecule has 4 nitrogen and oxygen atoms in total. The number of carbonyl (C=O) groups is 3. The second kappa shape index (κ2) is 12.6. The molecule has 0 aliphatic heterocycles. The van der Waals surface area contributed by atoms with E-state index in [0.717, 1.165) is 12.0 Å². The minimum absolute atomic E-state index is 0.00112. The van der Waals surface area contributed by atoms with E-state index >= 15 is 0 Å². The Balaban J connectivity index is 2.68. The highest BCUT2D eigenvalue weighted by Crippen LogP contribution is 2.23. The predicted molar refractivity (Wildman–Crippen MR) is 112 cm³/mol. The maximum atomic E-state index is 12.6. The second-order valence-electron chi connectivity index (χ2n) is 8.31. The van der Waals surface area contributed by atoms with Gasteiger partial charge in [0.05, 0.1) is 6.61 Å². The van der Waals surface area contributed by atoms with Crippen LogP contribution in [-0.4, -0.2) is 30.6 Å². The quantitative estimate of drug-likeness (QED) is 0.421. The number of ketones is 3. The van der Waals surface area contributed by atoms with Gasteiger partial charge in [0, 0.05) is 37.2 Å². The molecule has 0 amide bonds. The third-order valence-electron chi connectivity index (χ3n) is 4.91. The second-order valence-corrected chi connectivity index (χ2v) is 8.31. The minimum Gasteiger partial charge on any atom is -0.381 e. The van der Waals surface area contributed by atoms with E-state index in [4.69, 9.17) is 4.74 Å². The van der Waals surface area contributed by atoms with E-state index < -0.39 is 11.7 Å². The fourth-order valence-electron chi connectivity index (χ4n) is 3.29. The van der Waals surface area contributed by atoms with Crippen molar-refractivity contribution in [2.45, 2.75) is 66.2 Å². The minimum atomic E-state index is -0.563. The van der Waals surface area contributed by atoms with Crippen molar-refractivity contribution in [3.63, 3.8) is 0 Å². The molecule has 1 rings (SSSR count). The highest BCUT2D eigenvalue weighted by Gasteiger charge is 2.28. The largest absolute Gasteiger partial charge is 0.381 e. The highest BCUT2D eigenvalue weighted by molar-refractivity contribution is 6.38. The number of ether oxygens (including phenoxy) is 1. The molecular weight excluding hydrogens is 352 g/mol. The maximum absolute atomic E-state index is 12.6. The van der Waals surface area contributed by atoms with Crippen molar-refractivity contribution >= 4 is 17.3 Å². The lowest BCUT2D eigenvalue weighted by Gasteiger charge is -2.19. The van der Waals surface area contributed by atoms with Crippen LogP contribution < -0.4 is 0 Å². The van der Waals surface area contributed by atoms with E-state index in [1.807, 2.05) is 37.3 Å². The number of rotatable bonds is 14. The molecule has 3 atom stereocenters. The first kappa shape index (κ1) is 24.2. The zero-order valence-corrected chi connectivity index (χ0v) is 18.1. The van der Waals surface area contributed by atoms with Gasteiger partial charge in [-0.1, -0.05) is 71.4 Å². The van der Waals surface area contributed by atoms with Gasteiger partial charge in [0.15, 0.2) is 0 Å². The Morgan fingerprint density at radius 1 is 0.857 bits per heavy atom. The average molecular weight is 389 g/mol. The highest BCUT2D eigenvalue weighted by atomic mass is 16.5. The smallest absolute Gasteiger partial charge is 0.201 e. The van der Waals surface area contributed by atoms with Crippen LogP contribution in [0.3, 0.4) is 0 Å². The van der Waals surface area contributed by atoms with E-state index in [1.54, 1.807) is 13.8 Å². The Bertz CT molecular complexity index is 621. The molecule has 0 radical (unpaired) electrons. The molecule has 0 aromatic heterocycles. The van der Waals surface area contributed by atoms with Gasteiger partial charge in [-0.25, -0.2) is 0 Å². The Morgan fingerprint density at radius 3 is 2.04 bits per heavy atom. The third kappa shape index (κ3) is 8.47. The van der Waals surface area contributed by atoms with E-state index in [1.165, 1.54) is 0 Å². The molecular formula is C24H36O4. The van der Waals surface area contributed by atoms with Crippen molar-refractivity contribution in [1.29, 1.82) is 0 Å². The number of benzene rings is 1. The number of hydrogen-bond acceptors (Lipinski definition) is 4. The Labute approximate surface area is 170 Å². The van der Waals surface area contributed by atoms with Crippen LogP contribution in [0.25, 0.3) is 0 Å². The van der Waals surface area contributed by atoms with Crippen molar-refractivity contribution in [2.24, 2.45) is 17.8 Å². The average Bonchev–Trinajstić information content (AvgIpc) is 2.66. The topological polar surface area (TPSA) is 60.4 Å². The molecule has 0 spiro atoms. The van der Waals surface area contributed by atoms with Crippen LogP contribution in [0.4, 0.5) is 0 Å². The molecule has 1 aromatic carbocycles. The van der Waals surface area contributed by atoms with Gasteiger partial charge in [-0.2, -0.15) is 0 Å². The van der Waals surface area contributed by atoms with Crippen molar-refractivity contribution in [3.8, 4) is 0 Å². The predicted octanol–water partition coefficient (Wildman–Crippen LogP) is 5.00. The molecule has 0 fully saturated rings. The van der Waals surface area contributed by atoms with Crippen LogP contribution in [0.1, 0.15) is 71.8 Å². The summed E-state index contributed by atoms with van der Waals surface area (Å²) >= 11 is 0. The first-order valence-electron chi connectivity index (χ1n) is 10.5. The monoisotopic (exact) mass is 388 g/mol. The molecule has 4 heteroatoms. The van der Waals surface area contributed by atoms with Gasteiger partial charge in [0.25, 0.3) is 0 Å². The fourth-order valence-corrected chi connectivity index (χ4v) is 3.29. The lowest BCUT2D eigenvalue weighted by molar-refractivity contribution is -0.141. The first-order chi connectivity index (χ1) is 13.3. The van der Waals surface area contributed by atoms with Gasteiger partial charge in [0.1, 0.15) is 5.78 Å². The summed E-state index contributed by atoms with van der Waals surface area (Å²) in [5.74, 6) is -1.20. The van der Waals surface area contributed by atoms with E-state index in [0.29, 0.717) is 32.0 Å². The molecule has 1 aromatic rings. The van der Waals surface area contributed by atoms with Crippen LogP contribution in [0, 0.1) is 17.8 Å². The summed E-state index contributed by atoms with van der Waals surface area (Å²) in [4.78, 5) is 37.2. The van der Waals surface area contributed by atoms with Crippen LogP contribution in [0.2, 0.25) is 0 Å². The van der Waals surface area contributed by atoms with E-state index in [9.17, 15) is 14.4 Å². The molecule has 2 unspecified atom stereocenters.